The molecule has 0 aliphatic carbocycles. The van der Waals surface area contributed by atoms with Crippen LogP contribution in [0.15, 0.2) is 0 Å². The van der Waals surface area contributed by atoms with Crippen LogP contribution in [0.5, 0.6) is 0 Å². The van der Waals surface area contributed by atoms with Crippen molar-refractivity contribution in [3.05, 3.63) is 0 Å². The molecule has 0 radical (unpaired) electrons. The third kappa shape index (κ3) is 5.20. The molecule has 1 aliphatic rings. The molecule has 0 saturated carbocycles. The van der Waals surface area contributed by atoms with Gasteiger partial charge in [-0.05, 0) is 52.0 Å². The van der Waals surface area contributed by atoms with E-state index in [1.54, 1.807) is 0 Å². The van der Waals surface area contributed by atoms with Gasteiger partial charge >= 0.3 is 0 Å². The highest BCUT2D eigenvalue weighted by Gasteiger charge is 2.40. The van der Waals surface area contributed by atoms with Crippen LogP contribution < -0.4 is 5.73 Å². The Bertz CT molecular complexity index is 380. The minimum Gasteiger partial charge on any atom is -0.329 e. The number of sulfone groups is 1. The summed E-state index contributed by atoms with van der Waals surface area (Å²) >= 11 is 0. The summed E-state index contributed by atoms with van der Waals surface area (Å²) in [6.45, 7) is 12.3. The molecule has 0 atom stereocenters. The predicted molar refractivity (Wildman–Crippen MR) is 89.3 cm³/mol. The molecule has 0 aromatic rings. The van der Waals surface area contributed by atoms with Gasteiger partial charge in [-0.25, -0.2) is 8.42 Å². The van der Waals surface area contributed by atoms with Gasteiger partial charge in [0.15, 0.2) is 0 Å². The molecule has 2 N–H and O–H groups in total. The monoisotopic (exact) mass is 319 g/mol. The zero-order chi connectivity index (χ0) is 15.9. The quantitative estimate of drug-likeness (QED) is 0.685. The molecule has 1 fully saturated rings. The number of rotatable bonds is 9. The Hall–Kier alpha value is -0.170. The van der Waals surface area contributed by atoms with Crippen molar-refractivity contribution >= 4 is 9.84 Å². The predicted octanol–water partition coefficient (Wildman–Crippen LogP) is 0.946. The fourth-order valence-corrected chi connectivity index (χ4v) is 4.91. The second-order valence-electron chi connectivity index (χ2n) is 6.04. The van der Waals surface area contributed by atoms with Crippen LogP contribution in [-0.2, 0) is 9.84 Å². The van der Waals surface area contributed by atoms with Crippen molar-refractivity contribution in [2.45, 2.75) is 45.6 Å². The van der Waals surface area contributed by atoms with Crippen LogP contribution in [0.3, 0.4) is 0 Å². The Morgan fingerprint density at radius 1 is 1.00 bits per heavy atom. The SMILES string of the molecule is CCN(CC)CCCN(CC)C1(CN)CCS(=O)(=O)CC1. The van der Waals surface area contributed by atoms with E-state index in [0.29, 0.717) is 19.4 Å². The normalized spacial score (nSPS) is 21.0. The zero-order valence-corrected chi connectivity index (χ0v) is 14.8. The molecule has 1 rings (SSSR count). The van der Waals surface area contributed by atoms with Gasteiger partial charge < -0.3 is 10.6 Å². The number of hydrogen-bond acceptors (Lipinski definition) is 5. The Morgan fingerprint density at radius 3 is 2.00 bits per heavy atom. The number of likely N-dealkylation sites (N-methyl/N-ethyl adjacent to an activating group) is 1. The first-order valence-electron chi connectivity index (χ1n) is 8.31. The summed E-state index contributed by atoms with van der Waals surface area (Å²) in [6, 6.07) is 0. The van der Waals surface area contributed by atoms with E-state index in [1.807, 2.05) is 0 Å². The van der Waals surface area contributed by atoms with Crippen LogP contribution in [-0.4, -0.2) is 74.5 Å². The maximum Gasteiger partial charge on any atom is 0.150 e. The average molecular weight is 320 g/mol. The van der Waals surface area contributed by atoms with E-state index in [4.69, 9.17) is 5.73 Å². The van der Waals surface area contributed by atoms with Crippen molar-refractivity contribution in [2.75, 3.05) is 50.8 Å². The maximum atomic E-state index is 11.7. The summed E-state index contributed by atoms with van der Waals surface area (Å²) in [5.41, 5.74) is 5.93. The third-order valence-corrected chi connectivity index (χ3v) is 6.64. The van der Waals surface area contributed by atoms with Gasteiger partial charge in [0.25, 0.3) is 0 Å². The molecule has 126 valence electrons. The molecule has 1 heterocycles. The maximum absolute atomic E-state index is 11.7. The van der Waals surface area contributed by atoms with E-state index in [0.717, 1.165) is 39.1 Å². The summed E-state index contributed by atoms with van der Waals surface area (Å²) in [4.78, 5) is 4.85. The molecule has 1 aliphatic heterocycles. The van der Waals surface area contributed by atoms with Crippen LogP contribution in [0.25, 0.3) is 0 Å². The topological polar surface area (TPSA) is 66.6 Å². The Morgan fingerprint density at radius 2 is 1.57 bits per heavy atom. The van der Waals surface area contributed by atoms with Gasteiger partial charge in [-0.15, -0.1) is 0 Å². The molecule has 1 saturated heterocycles. The van der Waals surface area contributed by atoms with Gasteiger partial charge in [-0.2, -0.15) is 0 Å². The third-order valence-electron chi connectivity index (χ3n) is 4.99. The summed E-state index contributed by atoms with van der Waals surface area (Å²) < 4.78 is 23.4. The van der Waals surface area contributed by atoms with Crippen molar-refractivity contribution < 1.29 is 8.42 Å². The average Bonchev–Trinajstić information content (AvgIpc) is 2.49. The lowest BCUT2D eigenvalue weighted by atomic mass is 9.89. The van der Waals surface area contributed by atoms with Crippen LogP contribution in [0.1, 0.15) is 40.0 Å². The number of nitrogens with two attached hydrogens (primary N) is 1. The summed E-state index contributed by atoms with van der Waals surface area (Å²) in [5, 5.41) is 0. The van der Waals surface area contributed by atoms with E-state index in [2.05, 4.69) is 30.6 Å². The lowest BCUT2D eigenvalue weighted by Gasteiger charge is -2.45. The summed E-state index contributed by atoms with van der Waals surface area (Å²) in [6.07, 6.45) is 2.49. The second-order valence-corrected chi connectivity index (χ2v) is 8.34. The van der Waals surface area contributed by atoms with Crippen molar-refractivity contribution in [3.63, 3.8) is 0 Å². The van der Waals surface area contributed by atoms with Crippen LogP contribution in [0.4, 0.5) is 0 Å². The first-order valence-corrected chi connectivity index (χ1v) is 10.1. The lowest BCUT2D eigenvalue weighted by molar-refractivity contribution is 0.0835. The van der Waals surface area contributed by atoms with E-state index >= 15 is 0 Å². The van der Waals surface area contributed by atoms with E-state index in [1.165, 1.54) is 0 Å². The van der Waals surface area contributed by atoms with Gasteiger partial charge in [0.05, 0.1) is 11.5 Å². The van der Waals surface area contributed by atoms with Crippen molar-refractivity contribution in [1.82, 2.24) is 9.80 Å². The van der Waals surface area contributed by atoms with Crippen LogP contribution in [0, 0.1) is 0 Å². The smallest absolute Gasteiger partial charge is 0.150 e. The molecule has 21 heavy (non-hydrogen) atoms. The number of hydrogen-bond donors (Lipinski definition) is 1. The van der Waals surface area contributed by atoms with Crippen molar-refractivity contribution in [2.24, 2.45) is 5.73 Å². The minimum absolute atomic E-state index is 0.108. The lowest BCUT2D eigenvalue weighted by Crippen LogP contribution is -2.58. The highest BCUT2D eigenvalue weighted by Crippen LogP contribution is 2.29. The Kier molecular flexibility index (Phi) is 7.60. The van der Waals surface area contributed by atoms with Gasteiger partial charge in [-0.1, -0.05) is 20.8 Å². The molecule has 0 aromatic carbocycles. The van der Waals surface area contributed by atoms with Crippen LogP contribution in [0.2, 0.25) is 0 Å². The van der Waals surface area contributed by atoms with Crippen LogP contribution >= 0.6 is 0 Å². The molecular formula is C15H33N3O2S. The molecule has 0 spiro atoms. The fraction of sp³-hybridized carbons (Fsp3) is 1.00. The minimum atomic E-state index is -2.84. The zero-order valence-electron chi connectivity index (χ0n) is 14.0. The van der Waals surface area contributed by atoms with Gasteiger partial charge in [0.1, 0.15) is 9.84 Å². The highest BCUT2D eigenvalue weighted by atomic mass is 32.2. The van der Waals surface area contributed by atoms with Crippen molar-refractivity contribution in [3.8, 4) is 0 Å². The van der Waals surface area contributed by atoms with Gasteiger partial charge in [0.2, 0.25) is 0 Å². The Labute approximate surface area is 130 Å². The largest absolute Gasteiger partial charge is 0.329 e. The first-order chi connectivity index (χ1) is 9.93. The van der Waals surface area contributed by atoms with Gasteiger partial charge in [0, 0.05) is 12.1 Å². The molecule has 6 heteroatoms. The molecular weight excluding hydrogens is 286 g/mol. The van der Waals surface area contributed by atoms with Crippen molar-refractivity contribution in [1.29, 1.82) is 0 Å². The number of nitrogens with zero attached hydrogens (tertiary/aromatic N) is 2. The van der Waals surface area contributed by atoms with E-state index in [-0.39, 0.29) is 17.0 Å². The van der Waals surface area contributed by atoms with E-state index in [9.17, 15) is 8.42 Å². The highest BCUT2D eigenvalue weighted by molar-refractivity contribution is 7.91. The molecule has 0 amide bonds. The van der Waals surface area contributed by atoms with E-state index < -0.39 is 9.84 Å². The standard InChI is InChI=1S/C15H33N3O2S/c1-4-17(5-2)10-7-11-18(6-3)15(14-16)8-12-21(19,20)13-9-15/h4-14,16H2,1-3H3. The first kappa shape index (κ1) is 18.9. The summed E-state index contributed by atoms with van der Waals surface area (Å²) in [5.74, 6) is 0.577. The fourth-order valence-electron chi connectivity index (χ4n) is 3.32. The van der Waals surface area contributed by atoms with Gasteiger partial charge in [-0.3, -0.25) is 4.90 Å². The molecule has 5 nitrogen and oxygen atoms in total. The summed E-state index contributed by atoms with van der Waals surface area (Å²) in [7, 11) is -2.84. The molecule has 0 aromatic heterocycles. The molecule has 0 bridgehead atoms. The Balaban J connectivity index is 2.60. The second kappa shape index (κ2) is 8.46. The molecule has 0 unspecified atom stereocenters.